The SMILES string of the molecule is CC(C)C[C@@H](NC(=O)c1ccccc1)C(=O)OCC(=O)Nc1ccccc1C#N. The molecule has 0 unspecified atom stereocenters. The van der Waals surface area contributed by atoms with Gasteiger partial charge in [-0.25, -0.2) is 4.79 Å². The third kappa shape index (κ3) is 6.78. The topological polar surface area (TPSA) is 108 Å². The van der Waals surface area contributed by atoms with Crippen LogP contribution in [0.5, 0.6) is 0 Å². The monoisotopic (exact) mass is 393 g/mol. The quantitative estimate of drug-likeness (QED) is 0.671. The fraction of sp³-hybridized carbons (Fsp3) is 0.273. The molecule has 29 heavy (non-hydrogen) atoms. The summed E-state index contributed by atoms with van der Waals surface area (Å²) in [4.78, 5) is 36.9. The van der Waals surface area contributed by atoms with E-state index in [4.69, 9.17) is 10.00 Å². The Morgan fingerprint density at radius 3 is 2.34 bits per heavy atom. The van der Waals surface area contributed by atoms with Crippen LogP contribution in [0.15, 0.2) is 54.6 Å². The van der Waals surface area contributed by atoms with Gasteiger partial charge in [0.2, 0.25) is 0 Å². The van der Waals surface area contributed by atoms with Crippen LogP contribution in [0.3, 0.4) is 0 Å². The molecule has 0 aliphatic heterocycles. The third-order valence-corrected chi connectivity index (χ3v) is 4.00. The number of esters is 1. The minimum Gasteiger partial charge on any atom is -0.454 e. The van der Waals surface area contributed by atoms with Crippen molar-refractivity contribution in [3.8, 4) is 6.07 Å². The first-order valence-corrected chi connectivity index (χ1v) is 9.22. The summed E-state index contributed by atoms with van der Waals surface area (Å²) in [5, 5.41) is 14.3. The van der Waals surface area contributed by atoms with E-state index in [9.17, 15) is 14.4 Å². The Hall–Kier alpha value is -3.66. The van der Waals surface area contributed by atoms with Crippen molar-refractivity contribution >= 4 is 23.5 Å². The summed E-state index contributed by atoms with van der Waals surface area (Å²) in [7, 11) is 0. The minimum atomic E-state index is -0.873. The molecular formula is C22H23N3O4. The van der Waals surface area contributed by atoms with E-state index in [2.05, 4.69) is 10.6 Å². The van der Waals surface area contributed by atoms with Crippen molar-refractivity contribution in [2.45, 2.75) is 26.3 Å². The van der Waals surface area contributed by atoms with E-state index >= 15 is 0 Å². The average molecular weight is 393 g/mol. The molecule has 0 heterocycles. The fourth-order valence-electron chi connectivity index (χ4n) is 2.63. The van der Waals surface area contributed by atoms with Gasteiger partial charge in [-0.1, -0.05) is 44.2 Å². The Bertz CT molecular complexity index is 904. The van der Waals surface area contributed by atoms with Gasteiger partial charge in [-0.3, -0.25) is 9.59 Å². The molecule has 1 atom stereocenters. The summed E-state index contributed by atoms with van der Waals surface area (Å²) in [6.45, 7) is 3.31. The highest BCUT2D eigenvalue weighted by molar-refractivity contribution is 5.97. The summed E-state index contributed by atoms with van der Waals surface area (Å²) in [6, 6.07) is 16.2. The van der Waals surface area contributed by atoms with Gasteiger partial charge in [-0.15, -0.1) is 0 Å². The molecule has 2 rings (SSSR count). The van der Waals surface area contributed by atoms with Crippen molar-refractivity contribution in [2.75, 3.05) is 11.9 Å². The lowest BCUT2D eigenvalue weighted by molar-refractivity contribution is -0.149. The van der Waals surface area contributed by atoms with Crippen LogP contribution in [0, 0.1) is 17.2 Å². The van der Waals surface area contributed by atoms with E-state index in [1.165, 1.54) is 0 Å². The maximum atomic E-state index is 12.5. The Morgan fingerprint density at radius 1 is 1.03 bits per heavy atom. The number of carbonyl (C=O) groups is 3. The van der Waals surface area contributed by atoms with Gasteiger partial charge >= 0.3 is 5.97 Å². The van der Waals surface area contributed by atoms with Crippen molar-refractivity contribution in [2.24, 2.45) is 5.92 Å². The molecule has 2 aromatic rings. The van der Waals surface area contributed by atoms with Crippen LogP contribution < -0.4 is 10.6 Å². The number of anilines is 1. The van der Waals surface area contributed by atoms with Gasteiger partial charge in [0.1, 0.15) is 12.1 Å². The molecule has 0 bridgehead atoms. The molecule has 150 valence electrons. The number of nitrogens with zero attached hydrogens (tertiary/aromatic N) is 1. The zero-order chi connectivity index (χ0) is 21.2. The van der Waals surface area contributed by atoms with Gasteiger partial charge in [-0.05, 0) is 36.6 Å². The highest BCUT2D eigenvalue weighted by Gasteiger charge is 2.24. The standard InChI is InChI=1S/C22H23N3O4/c1-15(2)12-19(25-21(27)16-8-4-3-5-9-16)22(28)29-14-20(26)24-18-11-7-6-10-17(18)13-23/h3-11,15,19H,12,14H2,1-2H3,(H,24,26)(H,25,27)/t19-/m1/s1. The van der Waals surface area contributed by atoms with Gasteiger partial charge in [0, 0.05) is 5.56 Å². The van der Waals surface area contributed by atoms with Crippen molar-refractivity contribution in [1.82, 2.24) is 5.32 Å². The minimum absolute atomic E-state index is 0.125. The summed E-state index contributed by atoms with van der Waals surface area (Å²) in [6.07, 6.45) is 0.371. The fourth-order valence-corrected chi connectivity index (χ4v) is 2.63. The summed E-state index contributed by atoms with van der Waals surface area (Å²) < 4.78 is 5.10. The van der Waals surface area contributed by atoms with Gasteiger partial charge in [0.25, 0.3) is 11.8 Å². The van der Waals surface area contributed by atoms with Crippen molar-refractivity contribution in [1.29, 1.82) is 5.26 Å². The predicted molar refractivity (Wildman–Crippen MR) is 108 cm³/mol. The van der Waals surface area contributed by atoms with Gasteiger partial charge < -0.3 is 15.4 Å². The smallest absolute Gasteiger partial charge is 0.329 e. The lowest BCUT2D eigenvalue weighted by Gasteiger charge is -2.19. The number of hydrogen-bond donors (Lipinski definition) is 2. The van der Waals surface area contributed by atoms with Crippen LogP contribution in [-0.2, 0) is 14.3 Å². The van der Waals surface area contributed by atoms with E-state index in [1.54, 1.807) is 54.6 Å². The zero-order valence-corrected chi connectivity index (χ0v) is 16.3. The molecule has 2 aromatic carbocycles. The second-order valence-corrected chi connectivity index (χ2v) is 6.83. The second-order valence-electron chi connectivity index (χ2n) is 6.83. The maximum absolute atomic E-state index is 12.5. The Kier molecular flexibility index (Phi) is 7.92. The molecule has 0 saturated heterocycles. The third-order valence-electron chi connectivity index (χ3n) is 4.00. The number of amides is 2. The lowest BCUT2D eigenvalue weighted by Crippen LogP contribution is -2.43. The lowest BCUT2D eigenvalue weighted by atomic mass is 10.0. The highest BCUT2D eigenvalue weighted by atomic mass is 16.5. The first-order valence-electron chi connectivity index (χ1n) is 9.22. The zero-order valence-electron chi connectivity index (χ0n) is 16.3. The average Bonchev–Trinajstić information content (AvgIpc) is 2.72. The largest absolute Gasteiger partial charge is 0.454 e. The molecule has 7 nitrogen and oxygen atoms in total. The van der Waals surface area contributed by atoms with Crippen LogP contribution >= 0.6 is 0 Å². The number of benzene rings is 2. The van der Waals surface area contributed by atoms with Crippen LogP contribution in [0.1, 0.15) is 36.2 Å². The molecule has 0 aromatic heterocycles. The number of nitriles is 1. The molecule has 2 N–H and O–H groups in total. The van der Waals surface area contributed by atoms with Gasteiger partial charge in [0.05, 0.1) is 11.3 Å². The van der Waals surface area contributed by atoms with Crippen LogP contribution in [0.25, 0.3) is 0 Å². The summed E-state index contributed by atoms with van der Waals surface area (Å²) in [5.41, 5.74) is 1.08. The van der Waals surface area contributed by atoms with E-state index < -0.39 is 24.5 Å². The van der Waals surface area contributed by atoms with Crippen LogP contribution in [0.2, 0.25) is 0 Å². The maximum Gasteiger partial charge on any atom is 0.329 e. The van der Waals surface area contributed by atoms with Gasteiger partial charge in [0.15, 0.2) is 6.61 Å². The summed E-state index contributed by atoms with van der Waals surface area (Å²) in [5.74, 6) is -1.52. The van der Waals surface area contributed by atoms with Crippen LogP contribution in [0.4, 0.5) is 5.69 Å². The van der Waals surface area contributed by atoms with Crippen molar-refractivity contribution in [3.05, 3.63) is 65.7 Å². The molecule has 0 radical (unpaired) electrons. The molecule has 2 amide bonds. The summed E-state index contributed by atoms with van der Waals surface area (Å²) >= 11 is 0. The number of hydrogen-bond acceptors (Lipinski definition) is 5. The Balaban J connectivity index is 1.96. The highest BCUT2D eigenvalue weighted by Crippen LogP contribution is 2.13. The molecule has 0 spiro atoms. The number of ether oxygens (including phenoxy) is 1. The van der Waals surface area contributed by atoms with Gasteiger partial charge in [-0.2, -0.15) is 5.26 Å². The number of carbonyl (C=O) groups excluding carboxylic acids is 3. The molecule has 0 aliphatic rings. The van der Waals surface area contributed by atoms with Crippen molar-refractivity contribution < 1.29 is 19.1 Å². The Labute approximate surface area is 169 Å². The number of para-hydroxylation sites is 1. The first-order chi connectivity index (χ1) is 13.9. The number of nitrogens with one attached hydrogen (secondary N) is 2. The van der Waals surface area contributed by atoms with Crippen molar-refractivity contribution in [3.63, 3.8) is 0 Å². The molecule has 7 heteroatoms. The predicted octanol–water partition coefficient (Wildman–Crippen LogP) is 2.88. The van der Waals surface area contributed by atoms with E-state index in [1.807, 2.05) is 19.9 Å². The molecule has 0 fully saturated rings. The Morgan fingerprint density at radius 2 is 1.69 bits per heavy atom. The molecule has 0 saturated carbocycles. The van der Waals surface area contributed by atoms with E-state index in [0.29, 0.717) is 23.2 Å². The molecule has 0 aliphatic carbocycles. The van der Waals surface area contributed by atoms with E-state index in [-0.39, 0.29) is 11.8 Å². The molecular weight excluding hydrogens is 370 g/mol. The normalized spacial score (nSPS) is 11.2. The van der Waals surface area contributed by atoms with E-state index in [0.717, 1.165) is 0 Å². The van der Waals surface area contributed by atoms with Crippen LogP contribution in [-0.4, -0.2) is 30.4 Å². The number of rotatable bonds is 8. The first kappa shape index (κ1) is 21.6. The second kappa shape index (κ2) is 10.6.